The summed E-state index contributed by atoms with van der Waals surface area (Å²) < 4.78 is 0. The zero-order chi connectivity index (χ0) is 10.3. The molecule has 0 fully saturated rings. The first-order chi connectivity index (χ1) is 6.04. The molecule has 0 aliphatic rings. The van der Waals surface area contributed by atoms with Gasteiger partial charge in [-0.05, 0) is 19.3 Å². The van der Waals surface area contributed by atoms with E-state index in [0.29, 0.717) is 0 Å². The molecular weight excluding hydrogens is 158 g/mol. The van der Waals surface area contributed by atoms with Crippen molar-refractivity contribution in [1.82, 2.24) is 4.90 Å². The number of unbranched alkanes of at least 4 members (excludes halogenated alkanes) is 2. The lowest BCUT2D eigenvalue weighted by Gasteiger charge is -2.18. The molecule has 78 valence electrons. The molecule has 0 heterocycles. The number of nitrogens with zero attached hydrogens (tertiary/aromatic N) is 1. The first-order valence-corrected chi connectivity index (χ1v) is 5.40. The van der Waals surface area contributed by atoms with E-state index >= 15 is 0 Å². The van der Waals surface area contributed by atoms with E-state index in [-0.39, 0.29) is 0 Å². The SMILES string of the molecule is C=C(C)N(C)CCCCCC(C)C. The van der Waals surface area contributed by atoms with Gasteiger partial charge in [-0.2, -0.15) is 0 Å². The van der Waals surface area contributed by atoms with Crippen LogP contribution in [-0.2, 0) is 0 Å². The van der Waals surface area contributed by atoms with Crippen molar-refractivity contribution in [1.29, 1.82) is 0 Å². The highest BCUT2D eigenvalue weighted by Crippen LogP contribution is 2.09. The van der Waals surface area contributed by atoms with Crippen LogP contribution in [0.4, 0.5) is 0 Å². The normalized spacial score (nSPS) is 10.5. The molecule has 0 saturated carbocycles. The van der Waals surface area contributed by atoms with Crippen molar-refractivity contribution in [3.8, 4) is 0 Å². The molecule has 0 aliphatic heterocycles. The summed E-state index contributed by atoms with van der Waals surface area (Å²) in [5, 5.41) is 0. The molecule has 0 saturated heterocycles. The fraction of sp³-hybridized carbons (Fsp3) is 0.833. The molecule has 0 spiro atoms. The number of hydrogen-bond donors (Lipinski definition) is 0. The zero-order valence-corrected chi connectivity index (χ0v) is 9.77. The summed E-state index contributed by atoms with van der Waals surface area (Å²) >= 11 is 0. The van der Waals surface area contributed by atoms with Crippen molar-refractivity contribution in [2.45, 2.75) is 46.5 Å². The predicted molar refractivity (Wildman–Crippen MR) is 60.8 cm³/mol. The van der Waals surface area contributed by atoms with Gasteiger partial charge in [0.1, 0.15) is 0 Å². The van der Waals surface area contributed by atoms with E-state index in [1.165, 1.54) is 31.4 Å². The molecule has 0 rings (SSSR count). The Hall–Kier alpha value is -0.460. The van der Waals surface area contributed by atoms with Gasteiger partial charge in [0.2, 0.25) is 0 Å². The lowest BCUT2D eigenvalue weighted by Crippen LogP contribution is -2.16. The van der Waals surface area contributed by atoms with Crippen LogP contribution in [0.1, 0.15) is 46.5 Å². The van der Waals surface area contributed by atoms with Crippen LogP contribution < -0.4 is 0 Å². The van der Waals surface area contributed by atoms with Gasteiger partial charge >= 0.3 is 0 Å². The summed E-state index contributed by atoms with van der Waals surface area (Å²) in [5.74, 6) is 0.860. The Bertz CT molecular complexity index is 138. The maximum absolute atomic E-state index is 3.91. The van der Waals surface area contributed by atoms with Crippen molar-refractivity contribution >= 4 is 0 Å². The maximum Gasteiger partial charge on any atom is 0.0171 e. The molecule has 13 heavy (non-hydrogen) atoms. The van der Waals surface area contributed by atoms with Gasteiger partial charge in [0, 0.05) is 19.3 Å². The summed E-state index contributed by atoms with van der Waals surface area (Å²) in [7, 11) is 2.12. The van der Waals surface area contributed by atoms with Gasteiger partial charge in [0.15, 0.2) is 0 Å². The number of hydrogen-bond acceptors (Lipinski definition) is 1. The van der Waals surface area contributed by atoms with Crippen molar-refractivity contribution in [2.24, 2.45) is 5.92 Å². The van der Waals surface area contributed by atoms with E-state index in [0.717, 1.165) is 12.5 Å². The second kappa shape index (κ2) is 6.99. The van der Waals surface area contributed by atoms with Gasteiger partial charge in [-0.25, -0.2) is 0 Å². The molecule has 0 aromatic heterocycles. The Morgan fingerprint density at radius 3 is 2.31 bits per heavy atom. The highest BCUT2D eigenvalue weighted by molar-refractivity contribution is 4.85. The molecule has 0 aromatic carbocycles. The Morgan fingerprint density at radius 1 is 1.23 bits per heavy atom. The smallest absolute Gasteiger partial charge is 0.0171 e. The largest absolute Gasteiger partial charge is 0.379 e. The molecule has 0 radical (unpaired) electrons. The summed E-state index contributed by atoms with van der Waals surface area (Å²) in [6, 6.07) is 0. The van der Waals surface area contributed by atoms with Crippen LogP contribution in [0.25, 0.3) is 0 Å². The van der Waals surface area contributed by atoms with E-state index in [4.69, 9.17) is 0 Å². The van der Waals surface area contributed by atoms with Gasteiger partial charge in [0.25, 0.3) is 0 Å². The molecule has 0 bridgehead atoms. The molecule has 0 aliphatic carbocycles. The second-order valence-corrected chi connectivity index (χ2v) is 4.40. The van der Waals surface area contributed by atoms with Gasteiger partial charge in [-0.1, -0.05) is 39.7 Å². The zero-order valence-electron chi connectivity index (χ0n) is 9.77. The monoisotopic (exact) mass is 183 g/mol. The van der Waals surface area contributed by atoms with Crippen LogP contribution in [0.3, 0.4) is 0 Å². The van der Waals surface area contributed by atoms with E-state index in [1.54, 1.807) is 0 Å². The molecular formula is C12H25N. The third-order valence-electron chi connectivity index (χ3n) is 2.43. The lowest BCUT2D eigenvalue weighted by molar-refractivity contribution is 0.395. The third-order valence-corrected chi connectivity index (χ3v) is 2.43. The van der Waals surface area contributed by atoms with Crippen molar-refractivity contribution in [3.05, 3.63) is 12.3 Å². The first kappa shape index (κ1) is 12.5. The molecule has 0 aromatic rings. The third kappa shape index (κ3) is 7.89. The highest BCUT2D eigenvalue weighted by atomic mass is 15.1. The number of allylic oxidation sites excluding steroid dienone is 1. The Morgan fingerprint density at radius 2 is 1.85 bits per heavy atom. The molecule has 0 unspecified atom stereocenters. The minimum atomic E-state index is 0.860. The van der Waals surface area contributed by atoms with Crippen LogP contribution in [-0.4, -0.2) is 18.5 Å². The highest BCUT2D eigenvalue weighted by Gasteiger charge is 1.97. The van der Waals surface area contributed by atoms with E-state index < -0.39 is 0 Å². The van der Waals surface area contributed by atoms with Gasteiger partial charge in [0.05, 0.1) is 0 Å². The average molecular weight is 183 g/mol. The Kier molecular flexibility index (Phi) is 6.75. The van der Waals surface area contributed by atoms with Crippen LogP contribution in [0.15, 0.2) is 12.3 Å². The standard InChI is InChI=1S/C12H25N/c1-11(2)9-7-6-8-10-13(5)12(3)4/h11H,3,6-10H2,1-2,4-5H3. The van der Waals surface area contributed by atoms with E-state index in [1.807, 2.05) is 0 Å². The first-order valence-electron chi connectivity index (χ1n) is 5.40. The van der Waals surface area contributed by atoms with Crippen LogP contribution in [0.2, 0.25) is 0 Å². The van der Waals surface area contributed by atoms with Gasteiger partial charge in [-0.15, -0.1) is 0 Å². The van der Waals surface area contributed by atoms with Crippen LogP contribution in [0.5, 0.6) is 0 Å². The maximum atomic E-state index is 3.91. The van der Waals surface area contributed by atoms with Gasteiger partial charge in [-0.3, -0.25) is 0 Å². The molecule has 1 nitrogen and oxygen atoms in total. The van der Waals surface area contributed by atoms with Crippen LogP contribution in [0, 0.1) is 5.92 Å². The van der Waals surface area contributed by atoms with Crippen molar-refractivity contribution < 1.29 is 0 Å². The van der Waals surface area contributed by atoms with Crippen molar-refractivity contribution in [2.75, 3.05) is 13.6 Å². The summed E-state index contributed by atoms with van der Waals surface area (Å²) in [5.41, 5.74) is 1.17. The summed E-state index contributed by atoms with van der Waals surface area (Å²) in [6.07, 6.45) is 5.41. The van der Waals surface area contributed by atoms with Crippen molar-refractivity contribution in [3.63, 3.8) is 0 Å². The molecule has 1 heteroatoms. The predicted octanol–water partition coefficient (Wildman–Crippen LogP) is 3.67. The molecule has 0 amide bonds. The minimum absolute atomic E-state index is 0.860. The topological polar surface area (TPSA) is 3.24 Å². The molecule has 0 N–H and O–H groups in total. The summed E-state index contributed by atoms with van der Waals surface area (Å²) in [6.45, 7) is 11.7. The van der Waals surface area contributed by atoms with Crippen LogP contribution >= 0.6 is 0 Å². The molecule has 0 atom stereocenters. The van der Waals surface area contributed by atoms with E-state index in [2.05, 4.69) is 39.3 Å². The fourth-order valence-electron chi connectivity index (χ4n) is 1.27. The number of rotatable bonds is 7. The van der Waals surface area contributed by atoms with E-state index in [9.17, 15) is 0 Å². The minimum Gasteiger partial charge on any atom is -0.379 e. The van der Waals surface area contributed by atoms with Gasteiger partial charge < -0.3 is 4.90 Å². The second-order valence-electron chi connectivity index (χ2n) is 4.40. The Balaban J connectivity index is 3.21. The average Bonchev–Trinajstić information content (AvgIpc) is 2.02. The summed E-state index contributed by atoms with van der Waals surface area (Å²) in [4.78, 5) is 2.23. The fourth-order valence-corrected chi connectivity index (χ4v) is 1.27. The Labute approximate surface area is 83.8 Å². The lowest BCUT2D eigenvalue weighted by atomic mass is 10.1. The quantitative estimate of drug-likeness (QED) is 0.544.